The minimum Gasteiger partial charge on any atom is -0.363 e. The largest absolute Gasteiger partial charge is 0.363 e. The number of carbonyl (C=O) groups excluding carboxylic acids is 1. The van der Waals surface area contributed by atoms with Crippen molar-refractivity contribution in [1.82, 2.24) is 10.1 Å². The van der Waals surface area contributed by atoms with Crippen LogP contribution in [0.1, 0.15) is 15.9 Å². The van der Waals surface area contributed by atoms with Gasteiger partial charge in [0.15, 0.2) is 0 Å². The van der Waals surface area contributed by atoms with Crippen LogP contribution in [0.15, 0.2) is 65.4 Å². The second-order valence-corrected chi connectivity index (χ2v) is 5.20. The van der Waals surface area contributed by atoms with Gasteiger partial charge < -0.3 is 9.42 Å². The summed E-state index contributed by atoms with van der Waals surface area (Å²) in [7, 11) is 1.62. The van der Waals surface area contributed by atoms with Crippen molar-refractivity contribution in [2.75, 3.05) is 7.05 Å². The van der Waals surface area contributed by atoms with E-state index < -0.39 is 0 Å². The average molecular weight is 310 g/mol. The molecule has 0 spiro atoms. The lowest BCUT2D eigenvalue weighted by molar-refractivity contribution is 0.0784. The standard InChI is InChI=1S/C18H15FN2O2/c1-21(11-14-9-5-6-10-16(14)19)18(22)15-12-23-20-17(15)13-7-3-2-4-8-13/h2-10,12H,11H2,1H3. The lowest BCUT2D eigenvalue weighted by Crippen LogP contribution is -2.26. The van der Waals surface area contributed by atoms with E-state index in [-0.39, 0.29) is 18.3 Å². The molecule has 5 heteroatoms. The van der Waals surface area contributed by atoms with Gasteiger partial charge in [0, 0.05) is 24.7 Å². The van der Waals surface area contributed by atoms with Gasteiger partial charge >= 0.3 is 0 Å². The molecule has 4 nitrogen and oxygen atoms in total. The molecule has 0 radical (unpaired) electrons. The third kappa shape index (κ3) is 3.13. The highest BCUT2D eigenvalue weighted by molar-refractivity contribution is 5.99. The molecular weight excluding hydrogens is 295 g/mol. The molecule has 1 heterocycles. The summed E-state index contributed by atoms with van der Waals surface area (Å²) in [5.74, 6) is -0.603. The van der Waals surface area contributed by atoms with E-state index in [0.29, 0.717) is 16.8 Å². The number of halogens is 1. The van der Waals surface area contributed by atoms with Crippen molar-refractivity contribution < 1.29 is 13.7 Å². The summed E-state index contributed by atoms with van der Waals surface area (Å²) >= 11 is 0. The maximum Gasteiger partial charge on any atom is 0.259 e. The highest BCUT2D eigenvalue weighted by Gasteiger charge is 2.21. The molecule has 23 heavy (non-hydrogen) atoms. The Labute approximate surface area is 133 Å². The minimum atomic E-state index is -0.333. The van der Waals surface area contributed by atoms with Crippen LogP contribution in [0.4, 0.5) is 4.39 Å². The number of hydrogen-bond acceptors (Lipinski definition) is 3. The highest BCUT2D eigenvalue weighted by atomic mass is 19.1. The van der Waals surface area contributed by atoms with Crippen molar-refractivity contribution in [3.05, 3.63) is 77.8 Å². The maximum atomic E-state index is 13.7. The molecular formula is C18H15FN2O2. The summed E-state index contributed by atoms with van der Waals surface area (Å²) in [6, 6.07) is 15.7. The highest BCUT2D eigenvalue weighted by Crippen LogP contribution is 2.23. The van der Waals surface area contributed by atoms with E-state index in [2.05, 4.69) is 5.16 Å². The third-order valence-corrected chi connectivity index (χ3v) is 3.56. The molecule has 0 bridgehead atoms. The zero-order valence-corrected chi connectivity index (χ0v) is 12.6. The first-order chi connectivity index (χ1) is 11.2. The number of carbonyl (C=O) groups is 1. The quantitative estimate of drug-likeness (QED) is 0.737. The summed E-state index contributed by atoms with van der Waals surface area (Å²) in [6.45, 7) is 0.172. The Morgan fingerprint density at radius 2 is 1.83 bits per heavy atom. The molecule has 3 aromatic rings. The Morgan fingerprint density at radius 1 is 1.13 bits per heavy atom. The van der Waals surface area contributed by atoms with Gasteiger partial charge in [0.25, 0.3) is 5.91 Å². The first-order valence-corrected chi connectivity index (χ1v) is 7.15. The van der Waals surface area contributed by atoms with Crippen LogP contribution in [0, 0.1) is 5.82 Å². The van der Waals surface area contributed by atoms with Gasteiger partial charge in [-0.15, -0.1) is 0 Å². The fourth-order valence-electron chi connectivity index (χ4n) is 2.35. The lowest BCUT2D eigenvalue weighted by atomic mass is 10.1. The van der Waals surface area contributed by atoms with E-state index >= 15 is 0 Å². The molecule has 1 aromatic heterocycles. The van der Waals surface area contributed by atoms with Crippen molar-refractivity contribution in [3.8, 4) is 11.3 Å². The van der Waals surface area contributed by atoms with Gasteiger partial charge in [0.2, 0.25) is 0 Å². The molecule has 3 rings (SSSR count). The predicted octanol–water partition coefficient (Wildman–Crippen LogP) is 3.75. The van der Waals surface area contributed by atoms with Gasteiger partial charge in [-0.05, 0) is 6.07 Å². The van der Waals surface area contributed by atoms with Crippen LogP contribution in [-0.2, 0) is 6.54 Å². The van der Waals surface area contributed by atoms with Gasteiger partial charge in [-0.2, -0.15) is 0 Å². The fraction of sp³-hybridized carbons (Fsp3) is 0.111. The van der Waals surface area contributed by atoms with Gasteiger partial charge in [0.1, 0.15) is 23.3 Å². The smallest absolute Gasteiger partial charge is 0.259 e. The number of rotatable bonds is 4. The molecule has 0 aliphatic rings. The van der Waals surface area contributed by atoms with Gasteiger partial charge in [-0.1, -0.05) is 53.7 Å². The van der Waals surface area contributed by atoms with Crippen molar-refractivity contribution in [2.45, 2.75) is 6.54 Å². The second kappa shape index (κ2) is 6.44. The molecule has 0 unspecified atom stereocenters. The van der Waals surface area contributed by atoms with Crippen LogP contribution < -0.4 is 0 Å². The molecule has 0 aliphatic heterocycles. The molecule has 0 saturated heterocycles. The SMILES string of the molecule is CN(Cc1ccccc1F)C(=O)c1conc1-c1ccccc1. The van der Waals surface area contributed by atoms with Gasteiger partial charge in [0.05, 0.1) is 0 Å². The van der Waals surface area contributed by atoms with Crippen LogP contribution in [-0.4, -0.2) is 23.0 Å². The predicted molar refractivity (Wildman–Crippen MR) is 84.1 cm³/mol. The first kappa shape index (κ1) is 15.0. The fourth-order valence-corrected chi connectivity index (χ4v) is 2.35. The van der Waals surface area contributed by atoms with E-state index in [4.69, 9.17) is 4.52 Å². The van der Waals surface area contributed by atoms with Crippen LogP contribution >= 0.6 is 0 Å². The van der Waals surface area contributed by atoms with Crippen LogP contribution in [0.3, 0.4) is 0 Å². The normalized spacial score (nSPS) is 10.5. The molecule has 1 amide bonds. The van der Waals surface area contributed by atoms with Crippen LogP contribution in [0.5, 0.6) is 0 Å². The Balaban J connectivity index is 1.84. The lowest BCUT2D eigenvalue weighted by Gasteiger charge is -2.17. The zero-order valence-electron chi connectivity index (χ0n) is 12.6. The summed E-state index contributed by atoms with van der Waals surface area (Å²) in [4.78, 5) is 14.1. The molecule has 0 N–H and O–H groups in total. The van der Waals surface area contributed by atoms with E-state index in [1.54, 1.807) is 25.2 Å². The van der Waals surface area contributed by atoms with Crippen molar-refractivity contribution >= 4 is 5.91 Å². The molecule has 0 aliphatic carbocycles. The number of amides is 1. The van der Waals surface area contributed by atoms with Crippen molar-refractivity contribution in [2.24, 2.45) is 0 Å². The monoisotopic (exact) mass is 310 g/mol. The molecule has 116 valence electrons. The first-order valence-electron chi connectivity index (χ1n) is 7.15. The van der Waals surface area contributed by atoms with Crippen molar-refractivity contribution in [3.63, 3.8) is 0 Å². The summed E-state index contributed by atoms with van der Waals surface area (Å²) in [5, 5.41) is 3.92. The third-order valence-electron chi connectivity index (χ3n) is 3.56. The van der Waals surface area contributed by atoms with Crippen molar-refractivity contribution in [1.29, 1.82) is 0 Å². The average Bonchev–Trinajstić information content (AvgIpc) is 3.06. The Bertz CT molecular complexity index is 815. The second-order valence-electron chi connectivity index (χ2n) is 5.20. The zero-order chi connectivity index (χ0) is 16.2. The number of nitrogens with zero attached hydrogens (tertiary/aromatic N) is 2. The summed E-state index contributed by atoms with van der Waals surface area (Å²) < 4.78 is 18.7. The molecule has 0 saturated carbocycles. The maximum absolute atomic E-state index is 13.7. The van der Waals surface area contributed by atoms with Gasteiger partial charge in [-0.3, -0.25) is 4.79 Å². The van der Waals surface area contributed by atoms with E-state index in [9.17, 15) is 9.18 Å². The Kier molecular flexibility index (Phi) is 4.19. The summed E-state index contributed by atoms with van der Waals surface area (Å²) in [6.07, 6.45) is 1.32. The molecule has 2 aromatic carbocycles. The number of hydrogen-bond donors (Lipinski definition) is 0. The Morgan fingerprint density at radius 3 is 2.57 bits per heavy atom. The van der Waals surface area contributed by atoms with E-state index in [0.717, 1.165) is 5.56 Å². The molecule has 0 fully saturated rings. The number of benzene rings is 2. The summed E-state index contributed by atoms with van der Waals surface area (Å²) in [5.41, 5.74) is 2.09. The topological polar surface area (TPSA) is 46.3 Å². The number of aromatic nitrogens is 1. The molecule has 0 atom stereocenters. The van der Waals surface area contributed by atoms with Gasteiger partial charge in [-0.25, -0.2) is 4.39 Å². The van der Waals surface area contributed by atoms with E-state index in [1.165, 1.54) is 17.2 Å². The Hall–Kier alpha value is -2.95. The van der Waals surface area contributed by atoms with Crippen LogP contribution in [0.25, 0.3) is 11.3 Å². The minimum absolute atomic E-state index is 0.172. The van der Waals surface area contributed by atoms with E-state index in [1.807, 2.05) is 30.3 Å². The van der Waals surface area contributed by atoms with Crippen LogP contribution in [0.2, 0.25) is 0 Å².